The van der Waals surface area contributed by atoms with Gasteiger partial charge >= 0.3 is 0 Å². The Labute approximate surface area is 167 Å². The number of pyridine rings is 1. The Bertz CT molecular complexity index is 1040. The zero-order chi connectivity index (χ0) is 19.8. The lowest BCUT2D eigenvalue weighted by Gasteiger charge is -2.19. The van der Waals surface area contributed by atoms with Crippen LogP contribution in [0, 0.1) is 6.92 Å². The van der Waals surface area contributed by atoms with Crippen molar-refractivity contribution in [1.82, 2.24) is 19.4 Å². The van der Waals surface area contributed by atoms with Crippen LogP contribution in [0.25, 0.3) is 10.9 Å². The largest absolute Gasteiger partial charge is 0.472 e. The van der Waals surface area contributed by atoms with Crippen LogP contribution in [-0.2, 0) is 11.8 Å². The summed E-state index contributed by atoms with van der Waals surface area (Å²) in [6.45, 7) is 8.16. The molecule has 3 aromatic rings. The molecule has 1 aliphatic heterocycles. The van der Waals surface area contributed by atoms with E-state index in [2.05, 4.69) is 16.9 Å². The van der Waals surface area contributed by atoms with Gasteiger partial charge in [0.05, 0.1) is 17.4 Å². The van der Waals surface area contributed by atoms with E-state index in [1.165, 1.54) is 6.08 Å². The van der Waals surface area contributed by atoms with Crippen LogP contribution in [0.3, 0.4) is 0 Å². The van der Waals surface area contributed by atoms with Crippen LogP contribution in [0.2, 0.25) is 0 Å². The van der Waals surface area contributed by atoms with Gasteiger partial charge in [-0.3, -0.25) is 4.79 Å². The van der Waals surface area contributed by atoms with Crippen molar-refractivity contribution in [3.63, 3.8) is 0 Å². The maximum Gasteiger partial charge on any atom is 0.246 e. The monoisotopic (exact) mass is 397 g/mol. The molecule has 0 aliphatic carbocycles. The lowest BCUT2D eigenvalue weighted by Crippen LogP contribution is -2.33. The highest BCUT2D eigenvalue weighted by molar-refractivity contribution is 7.15. The second-order valence-electron chi connectivity index (χ2n) is 7.09. The van der Waals surface area contributed by atoms with Crippen molar-refractivity contribution in [3.8, 4) is 5.88 Å². The number of hydrogen-bond acceptors (Lipinski definition) is 6. The topological polar surface area (TPSA) is 72.3 Å². The normalized spacial score (nSPS) is 19.2. The van der Waals surface area contributed by atoms with E-state index in [1.807, 2.05) is 50.0 Å². The van der Waals surface area contributed by atoms with Gasteiger partial charge in [0, 0.05) is 42.8 Å². The van der Waals surface area contributed by atoms with Gasteiger partial charge in [0.2, 0.25) is 11.8 Å². The number of aryl methyl sites for hydroxylation is 2. The average molecular weight is 398 g/mol. The molecule has 1 saturated heterocycles. The third-order valence-corrected chi connectivity index (χ3v) is 5.80. The van der Waals surface area contributed by atoms with Crippen LogP contribution in [0.15, 0.2) is 37.2 Å². The second kappa shape index (κ2) is 7.27. The van der Waals surface area contributed by atoms with Crippen LogP contribution in [-0.4, -0.2) is 44.0 Å². The molecule has 1 fully saturated rings. The van der Waals surface area contributed by atoms with Crippen molar-refractivity contribution < 1.29 is 9.53 Å². The fourth-order valence-corrected chi connectivity index (χ4v) is 4.23. The van der Waals surface area contributed by atoms with Gasteiger partial charge in [0.1, 0.15) is 11.9 Å². The minimum atomic E-state index is -0.104. The van der Waals surface area contributed by atoms with E-state index in [-0.39, 0.29) is 18.1 Å². The molecule has 28 heavy (non-hydrogen) atoms. The smallest absolute Gasteiger partial charge is 0.246 e. The summed E-state index contributed by atoms with van der Waals surface area (Å²) < 4.78 is 8.31. The molecular weight excluding hydrogens is 374 g/mol. The summed E-state index contributed by atoms with van der Waals surface area (Å²) in [7, 11) is 1.99. The molecule has 0 unspecified atom stereocenters. The first-order valence-corrected chi connectivity index (χ1v) is 10.0. The lowest BCUT2D eigenvalue weighted by molar-refractivity contribution is -0.126. The van der Waals surface area contributed by atoms with Gasteiger partial charge in [-0.2, -0.15) is 4.98 Å². The molecule has 8 heteroatoms. The van der Waals surface area contributed by atoms with Gasteiger partial charge < -0.3 is 19.5 Å². The molecule has 0 radical (unpaired) electrons. The molecule has 1 N–H and O–H groups in total. The fourth-order valence-electron chi connectivity index (χ4n) is 3.56. The van der Waals surface area contributed by atoms with Crippen LogP contribution < -0.4 is 10.1 Å². The SMILES string of the molecule is C=CC(=O)N1C[C@@H](Oc2nc(Nc3ncc(C)s3)cc3c2ccn3C)C[C@@H]1C. The first-order valence-electron chi connectivity index (χ1n) is 9.20. The Morgan fingerprint density at radius 3 is 3.04 bits per heavy atom. The number of anilines is 2. The zero-order valence-corrected chi connectivity index (χ0v) is 17.0. The maximum atomic E-state index is 12.0. The molecule has 3 aromatic heterocycles. The summed E-state index contributed by atoms with van der Waals surface area (Å²) >= 11 is 1.58. The molecule has 0 bridgehead atoms. The minimum absolute atomic E-state index is 0.0639. The predicted octanol–water partition coefficient (Wildman–Crippen LogP) is 3.64. The Kier molecular flexibility index (Phi) is 4.80. The van der Waals surface area contributed by atoms with Crippen molar-refractivity contribution >= 4 is 39.1 Å². The molecule has 1 amide bonds. The molecule has 7 nitrogen and oxygen atoms in total. The van der Waals surface area contributed by atoms with Gasteiger partial charge in [-0.25, -0.2) is 4.98 Å². The number of ether oxygens (including phenoxy) is 1. The average Bonchev–Trinajstić information content (AvgIpc) is 3.34. The highest BCUT2D eigenvalue weighted by Gasteiger charge is 2.33. The molecule has 4 rings (SSSR count). The van der Waals surface area contributed by atoms with Crippen molar-refractivity contribution in [2.75, 3.05) is 11.9 Å². The van der Waals surface area contributed by atoms with Crippen LogP contribution in [0.4, 0.5) is 10.9 Å². The number of nitrogens with one attached hydrogen (secondary N) is 1. The molecule has 0 spiro atoms. The van der Waals surface area contributed by atoms with E-state index in [4.69, 9.17) is 9.72 Å². The number of nitrogens with zero attached hydrogens (tertiary/aromatic N) is 4. The number of fused-ring (bicyclic) bond motifs is 1. The zero-order valence-electron chi connectivity index (χ0n) is 16.2. The van der Waals surface area contributed by atoms with Gasteiger partial charge in [0.15, 0.2) is 5.13 Å². The summed E-state index contributed by atoms with van der Waals surface area (Å²) in [5.41, 5.74) is 1.02. The summed E-state index contributed by atoms with van der Waals surface area (Å²) in [5.74, 6) is 1.19. The lowest BCUT2D eigenvalue weighted by atomic mass is 10.2. The van der Waals surface area contributed by atoms with Crippen LogP contribution in [0.5, 0.6) is 5.88 Å². The van der Waals surface area contributed by atoms with E-state index in [0.717, 1.165) is 27.3 Å². The first kappa shape index (κ1) is 18.5. The van der Waals surface area contributed by atoms with Crippen molar-refractivity contribution in [3.05, 3.63) is 42.1 Å². The standard InChI is InChI=1S/C20H23N5O2S/c1-5-18(26)25-11-14(8-12(25)2)27-19-15-6-7-24(4)16(15)9-17(22-19)23-20-21-10-13(3)28-20/h5-7,9-10,12,14H,1,8,11H2,2-4H3,(H,21,22,23)/t12-,14-/m0/s1. The molecule has 0 saturated carbocycles. The number of likely N-dealkylation sites (tertiary alicyclic amines) is 1. The third-order valence-electron chi connectivity index (χ3n) is 4.98. The van der Waals surface area contributed by atoms with E-state index >= 15 is 0 Å². The number of thiazole rings is 1. The van der Waals surface area contributed by atoms with Gasteiger partial charge in [-0.05, 0) is 26.0 Å². The Morgan fingerprint density at radius 2 is 2.32 bits per heavy atom. The highest BCUT2D eigenvalue weighted by atomic mass is 32.1. The number of aromatic nitrogens is 3. The maximum absolute atomic E-state index is 12.0. The number of hydrogen-bond donors (Lipinski definition) is 1. The quantitative estimate of drug-likeness (QED) is 0.666. The highest BCUT2D eigenvalue weighted by Crippen LogP contribution is 2.32. The summed E-state index contributed by atoms with van der Waals surface area (Å²) in [6, 6.07) is 4.10. The van der Waals surface area contributed by atoms with Crippen molar-refractivity contribution in [1.29, 1.82) is 0 Å². The summed E-state index contributed by atoms with van der Waals surface area (Å²) in [6.07, 6.45) is 5.83. The summed E-state index contributed by atoms with van der Waals surface area (Å²) in [4.78, 5) is 24.0. The predicted molar refractivity (Wildman–Crippen MR) is 111 cm³/mol. The number of carbonyl (C=O) groups is 1. The fraction of sp³-hybridized carbons (Fsp3) is 0.350. The van der Waals surface area contributed by atoms with E-state index in [0.29, 0.717) is 18.2 Å². The number of amides is 1. The Hall–Kier alpha value is -2.87. The minimum Gasteiger partial charge on any atom is -0.472 e. The van der Waals surface area contributed by atoms with Gasteiger partial charge in [-0.1, -0.05) is 6.58 Å². The van der Waals surface area contributed by atoms with Crippen LogP contribution in [0.1, 0.15) is 18.2 Å². The number of rotatable bonds is 5. The molecule has 1 aliphatic rings. The third kappa shape index (κ3) is 3.47. The van der Waals surface area contributed by atoms with Crippen molar-refractivity contribution in [2.24, 2.45) is 7.05 Å². The molecule has 2 atom stereocenters. The first-order chi connectivity index (χ1) is 13.4. The molecule has 146 valence electrons. The van der Waals surface area contributed by atoms with E-state index in [1.54, 1.807) is 16.2 Å². The Morgan fingerprint density at radius 1 is 1.50 bits per heavy atom. The second-order valence-corrected chi connectivity index (χ2v) is 8.33. The number of carbonyl (C=O) groups excluding carboxylic acids is 1. The van der Waals surface area contributed by atoms with Gasteiger partial charge in [-0.15, -0.1) is 11.3 Å². The van der Waals surface area contributed by atoms with E-state index in [9.17, 15) is 4.79 Å². The summed E-state index contributed by atoms with van der Waals surface area (Å²) in [5, 5.41) is 5.01. The van der Waals surface area contributed by atoms with E-state index < -0.39 is 0 Å². The van der Waals surface area contributed by atoms with Crippen LogP contribution >= 0.6 is 11.3 Å². The molecule has 0 aromatic carbocycles. The Balaban J connectivity index is 1.62. The molecular formula is C20H23N5O2S. The van der Waals surface area contributed by atoms with Gasteiger partial charge in [0.25, 0.3) is 0 Å². The van der Waals surface area contributed by atoms with Crippen molar-refractivity contribution in [2.45, 2.75) is 32.4 Å². The molecule has 4 heterocycles.